The Morgan fingerprint density at radius 2 is 1.95 bits per heavy atom. The Morgan fingerprint density at radius 1 is 1.21 bits per heavy atom. The third kappa shape index (κ3) is 5.41. The highest BCUT2D eigenvalue weighted by molar-refractivity contribution is 4.89. The van der Waals surface area contributed by atoms with E-state index in [1.807, 2.05) is 0 Å². The molecular weight excluding hydrogens is 236 g/mol. The van der Waals surface area contributed by atoms with E-state index >= 15 is 0 Å². The van der Waals surface area contributed by atoms with E-state index in [2.05, 4.69) is 44.8 Å². The van der Waals surface area contributed by atoms with Gasteiger partial charge in [-0.3, -0.25) is 4.90 Å². The molecule has 3 nitrogen and oxygen atoms in total. The number of piperazine rings is 1. The lowest BCUT2D eigenvalue weighted by atomic mass is 9.92. The SMILES string of the molecule is CCCOCCN1CC(C(C)CC)NCC1C(C)C. The molecule has 1 N–H and O–H groups in total. The first-order chi connectivity index (χ1) is 9.10. The number of nitrogens with one attached hydrogen (secondary N) is 1. The zero-order valence-electron chi connectivity index (χ0n) is 13.6. The zero-order chi connectivity index (χ0) is 14.3. The molecule has 0 aliphatic carbocycles. The summed E-state index contributed by atoms with van der Waals surface area (Å²) in [5.41, 5.74) is 0. The summed E-state index contributed by atoms with van der Waals surface area (Å²) >= 11 is 0. The van der Waals surface area contributed by atoms with Gasteiger partial charge in [0.25, 0.3) is 0 Å². The zero-order valence-corrected chi connectivity index (χ0v) is 13.6. The van der Waals surface area contributed by atoms with Crippen LogP contribution in [0.1, 0.15) is 47.5 Å². The highest BCUT2D eigenvalue weighted by Gasteiger charge is 2.31. The lowest BCUT2D eigenvalue weighted by Gasteiger charge is -2.44. The number of ether oxygens (including phenoxy) is 1. The Bertz CT molecular complexity index is 233. The van der Waals surface area contributed by atoms with Crippen LogP contribution >= 0.6 is 0 Å². The van der Waals surface area contributed by atoms with E-state index in [1.165, 1.54) is 13.0 Å². The second-order valence-corrected chi connectivity index (χ2v) is 6.32. The van der Waals surface area contributed by atoms with Crippen molar-refractivity contribution in [2.45, 2.75) is 59.5 Å². The molecule has 1 saturated heterocycles. The van der Waals surface area contributed by atoms with Gasteiger partial charge in [-0.15, -0.1) is 0 Å². The summed E-state index contributed by atoms with van der Waals surface area (Å²) in [7, 11) is 0. The Morgan fingerprint density at radius 3 is 2.53 bits per heavy atom. The van der Waals surface area contributed by atoms with Gasteiger partial charge in [0.2, 0.25) is 0 Å². The number of rotatable bonds is 8. The molecule has 0 aromatic carbocycles. The molecular formula is C16H34N2O. The van der Waals surface area contributed by atoms with Gasteiger partial charge in [-0.05, 0) is 18.3 Å². The van der Waals surface area contributed by atoms with Crippen molar-refractivity contribution in [3.05, 3.63) is 0 Å². The van der Waals surface area contributed by atoms with Crippen molar-refractivity contribution in [2.75, 3.05) is 32.8 Å². The predicted octanol–water partition coefficient (Wildman–Crippen LogP) is 2.76. The maximum Gasteiger partial charge on any atom is 0.0593 e. The molecule has 0 spiro atoms. The van der Waals surface area contributed by atoms with E-state index in [4.69, 9.17) is 4.74 Å². The number of hydrogen-bond acceptors (Lipinski definition) is 3. The Hall–Kier alpha value is -0.120. The maximum atomic E-state index is 5.67. The van der Waals surface area contributed by atoms with E-state index in [0.717, 1.165) is 38.6 Å². The van der Waals surface area contributed by atoms with Crippen LogP contribution in [-0.4, -0.2) is 49.8 Å². The fourth-order valence-electron chi connectivity index (χ4n) is 2.86. The lowest BCUT2D eigenvalue weighted by Crippen LogP contribution is -2.60. The summed E-state index contributed by atoms with van der Waals surface area (Å²) in [6.07, 6.45) is 2.37. The van der Waals surface area contributed by atoms with E-state index < -0.39 is 0 Å². The molecule has 19 heavy (non-hydrogen) atoms. The van der Waals surface area contributed by atoms with Crippen LogP contribution < -0.4 is 5.32 Å². The van der Waals surface area contributed by atoms with Crippen molar-refractivity contribution in [1.29, 1.82) is 0 Å². The summed E-state index contributed by atoms with van der Waals surface area (Å²) in [5, 5.41) is 3.75. The molecule has 1 rings (SSSR count). The van der Waals surface area contributed by atoms with Gasteiger partial charge in [0.05, 0.1) is 6.61 Å². The first-order valence-electron chi connectivity index (χ1n) is 8.15. The lowest BCUT2D eigenvalue weighted by molar-refractivity contribution is 0.0421. The summed E-state index contributed by atoms with van der Waals surface area (Å²) in [5.74, 6) is 1.46. The van der Waals surface area contributed by atoms with E-state index in [1.54, 1.807) is 0 Å². The molecule has 0 amide bonds. The average Bonchev–Trinajstić information content (AvgIpc) is 2.42. The normalized spacial score (nSPS) is 26.8. The molecule has 3 atom stereocenters. The highest BCUT2D eigenvalue weighted by Crippen LogP contribution is 2.19. The van der Waals surface area contributed by atoms with Crippen molar-refractivity contribution in [1.82, 2.24) is 10.2 Å². The first kappa shape index (κ1) is 16.9. The second kappa shape index (κ2) is 8.93. The van der Waals surface area contributed by atoms with Gasteiger partial charge in [-0.1, -0.05) is 41.0 Å². The minimum atomic E-state index is 0.645. The monoisotopic (exact) mass is 270 g/mol. The van der Waals surface area contributed by atoms with Gasteiger partial charge in [0.15, 0.2) is 0 Å². The molecule has 0 aromatic heterocycles. The van der Waals surface area contributed by atoms with Gasteiger partial charge < -0.3 is 10.1 Å². The van der Waals surface area contributed by atoms with Gasteiger partial charge in [0, 0.05) is 38.3 Å². The maximum absolute atomic E-state index is 5.67. The fourth-order valence-corrected chi connectivity index (χ4v) is 2.86. The van der Waals surface area contributed by atoms with Crippen LogP contribution in [0.2, 0.25) is 0 Å². The highest BCUT2D eigenvalue weighted by atomic mass is 16.5. The van der Waals surface area contributed by atoms with Crippen LogP contribution in [0.15, 0.2) is 0 Å². The topological polar surface area (TPSA) is 24.5 Å². The molecule has 1 aliphatic heterocycles. The Labute approximate surface area is 120 Å². The predicted molar refractivity (Wildman–Crippen MR) is 82.6 cm³/mol. The van der Waals surface area contributed by atoms with Gasteiger partial charge in [-0.25, -0.2) is 0 Å². The minimum absolute atomic E-state index is 0.645. The summed E-state index contributed by atoms with van der Waals surface area (Å²) in [6, 6.07) is 1.30. The van der Waals surface area contributed by atoms with Crippen LogP contribution in [0.5, 0.6) is 0 Å². The molecule has 0 radical (unpaired) electrons. The molecule has 3 unspecified atom stereocenters. The fraction of sp³-hybridized carbons (Fsp3) is 1.00. The largest absolute Gasteiger partial charge is 0.380 e. The van der Waals surface area contributed by atoms with Crippen molar-refractivity contribution in [2.24, 2.45) is 11.8 Å². The first-order valence-corrected chi connectivity index (χ1v) is 8.15. The molecule has 3 heteroatoms. The quantitative estimate of drug-likeness (QED) is 0.686. The second-order valence-electron chi connectivity index (χ2n) is 6.32. The van der Waals surface area contributed by atoms with Crippen molar-refractivity contribution in [3.8, 4) is 0 Å². The van der Waals surface area contributed by atoms with E-state index in [9.17, 15) is 0 Å². The van der Waals surface area contributed by atoms with Crippen LogP contribution in [0.3, 0.4) is 0 Å². The third-order valence-corrected chi connectivity index (χ3v) is 4.46. The number of hydrogen-bond donors (Lipinski definition) is 1. The van der Waals surface area contributed by atoms with Crippen LogP contribution in [0.4, 0.5) is 0 Å². The van der Waals surface area contributed by atoms with Crippen LogP contribution in [0.25, 0.3) is 0 Å². The molecule has 114 valence electrons. The van der Waals surface area contributed by atoms with Crippen LogP contribution in [0, 0.1) is 11.8 Å². The summed E-state index contributed by atoms with van der Waals surface area (Å²) < 4.78 is 5.67. The van der Waals surface area contributed by atoms with Gasteiger partial charge in [-0.2, -0.15) is 0 Å². The van der Waals surface area contributed by atoms with E-state index in [0.29, 0.717) is 18.0 Å². The van der Waals surface area contributed by atoms with Gasteiger partial charge in [0.1, 0.15) is 0 Å². The number of nitrogens with zero attached hydrogens (tertiary/aromatic N) is 1. The van der Waals surface area contributed by atoms with E-state index in [-0.39, 0.29) is 0 Å². The van der Waals surface area contributed by atoms with Gasteiger partial charge >= 0.3 is 0 Å². The van der Waals surface area contributed by atoms with Crippen LogP contribution in [-0.2, 0) is 4.74 Å². The molecule has 0 saturated carbocycles. The molecule has 1 fully saturated rings. The summed E-state index contributed by atoms with van der Waals surface area (Å²) in [6.45, 7) is 16.6. The van der Waals surface area contributed by atoms with Crippen molar-refractivity contribution in [3.63, 3.8) is 0 Å². The standard InChI is InChI=1S/C16H34N2O/c1-6-9-19-10-8-18-12-15(14(5)7-2)17-11-16(18)13(3)4/h13-17H,6-12H2,1-5H3. The molecule has 0 aromatic rings. The summed E-state index contributed by atoms with van der Waals surface area (Å²) in [4.78, 5) is 2.65. The Kier molecular flexibility index (Phi) is 7.96. The average molecular weight is 270 g/mol. The minimum Gasteiger partial charge on any atom is -0.380 e. The molecule has 0 bridgehead atoms. The Balaban J connectivity index is 2.48. The van der Waals surface area contributed by atoms with Crippen molar-refractivity contribution >= 4 is 0 Å². The smallest absolute Gasteiger partial charge is 0.0593 e. The third-order valence-electron chi connectivity index (χ3n) is 4.46. The molecule has 1 heterocycles. The van der Waals surface area contributed by atoms with Crippen molar-refractivity contribution < 1.29 is 4.74 Å². The molecule has 1 aliphatic rings.